The summed E-state index contributed by atoms with van der Waals surface area (Å²) in [5, 5.41) is 5.83. The van der Waals surface area contributed by atoms with Crippen molar-refractivity contribution in [1.82, 2.24) is 5.32 Å². The highest BCUT2D eigenvalue weighted by molar-refractivity contribution is 5.91. The standard InChI is InChI=1S/C19H28N2O3/c1-11(2)15-8-7-9-16(12(3)4)18(15)21-19(22)20-10-17-23-13(5)14(6)24-17/h7-9,11-12,17H,10H2,1-6H3,(H2,20,21,22). The molecule has 0 atom stereocenters. The first-order valence-electron chi connectivity index (χ1n) is 8.48. The smallest absolute Gasteiger partial charge is 0.319 e. The average Bonchev–Trinajstić information content (AvgIpc) is 2.83. The molecule has 1 aromatic carbocycles. The normalized spacial score (nSPS) is 14.8. The van der Waals surface area contributed by atoms with Crippen molar-refractivity contribution in [2.45, 2.75) is 59.7 Å². The molecule has 1 aliphatic heterocycles. The number of rotatable bonds is 5. The Kier molecular flexibility index (Phi) is 5.75. The fourth-order valence-electron chi connectivity index (χ4n) is 2.70. The summed E-state index contributed by atoms with van der Waals surface area (Å²) in [6.07, 6.45) is -0.458. The van der Waals surface area contributed by atoms with Crippen molar-refractivity contribution in [2.24, 2.45) is 0 Å². The van der Waals surface area contributed by atoms with Crippen LogP contribution in [0.1, 0.15) is 64.5 Å². The molecule has 0 spiro atoms. The number of para-hydroxylation sites is 1. The molecule has 2 N–H and O–H groups in total. The minimum absolute atomic E-state index is 0.251. The third-order valence-electron chi connectivity index (χ3n) is 4.15. The van der Waals surface area contributed by atoms with E-state index in [1.807, 2.05) is 19.9 Å². The second-order valence-corrected chi connectivity index (χ2v) is 6.73. The molecular weight excluding hydrogens is 304 g/mol. The molecule has 24 heavy (non-hydrogen) atoms. The van der Waals surface area contributed by atoms with Gasteiger partial charge in [-0.05, 0) is 36.8 Å². The Morgan fingerprint density at radius 1 is 1.04 bits per heavy atom. The van der Waals surface area contributed by atoms with E-state index in [4.69, 9.17) is 9.47 Å². The van der Waals surface area contributed by atoms with Crippen molar-refractivity contribution in [3.8, 4) is 0 Å². The van der Waals surface area contributed by atoms with E-state index in [1.165, 1.54) is 0 Å². The van der Waals surface area contributed by atoms with Crippen molar-refractivity contribution in [1.29, 1.82) is 0 Å². The maximum absolute atomic E-state index is 12.3. The van der Waals surface area contributed by atoms with E-state index in [9.17, 15) is 4.79 Å². The number of carbonyl (C=O) groups excluding carboxylic acids is 1. The molecule has 1 aromatic rings. The molecule has 0 fully saturated rings. The molecule has 132 valence electrons. The van der Waals surface area contributed by atoms with Crippen LogP contribution >= 0.6 is 0 Å². The number of hydrogen-bond acceptors (Lipinski definition) is 3. The van der Waals surface area contributed by atoms with Crippen LogP contribution < -0.4 is 10.6 Å². The van der Waals surface area contributed by atoms with Crippen LogP contribution in [0.25, 0.3) is 0 Å². The first-order chi connectivity index (χ1) is 11.3. The fraction of sp³-hybridized carbons (Fsp3) is 0.526. The van der Waals surface area contributed by atoms with Gasteiger partial charge in [-0.15, -0.1) is 0 Å². The van der Waals surface area contributed by atoms with Gasteiger partial charge in [-0.2, -0.15) is 0 Å². The lowest BCUT2D eigenvalue weighted by atomic mass is 9.93. The van der Waals surface area contributed by atoms with Crippen LogP contribution in [-0.4, -0.2) is 18.9 Å². The molecule has 0 bridgehead atoms. The van der Waals surface area contributed by atoms with Gasteiger partial charge in [0.1, 0.15) is 11.5 Å². The molecule has 0 radical (unpaired) electrons. The summed E-state index contributed by atoms with van der Waals surface area (Å²) in [5.74, 6) is 2.17. The Bertz CT molecular complexity index is 595. The summed E-state index contributed by atoms with van der Waals surface area (Å²) in [6, 6.07) is 5.92. The van der Waals surface area contributed by atoms with Crippen molar-refractivity contribution < 1.29 is 14.3 Å². The SMILES string of the molecule is CC1=C(C)OC(CNC(=O)Nc2c(C(C)C)cccc2C(C)C)O1. The van der Waals surface area contributed by atoms with Crippen LogP contribution in [0.5, 0.6) is 0 Å². The van der Waals surface area contributed by atoms with Gasteiger partial charge in [-0.25, -0.2) is 4.79 Å². The van der Waals surface area contributed by atoms with Gasteiger partial charge in [0.15, 0.2) is 0 Å². The fourth-order valence-corrected chi connectivity index (χ4v) is 2.70. The summed E-state index contributed by atoms with van der Waals surface area (Å²) < 4.78 is 11.0. The van der Waals surface area contributed by atoms with E-state index < -0.39 is 6.29 Å². The van der Waals surface area contributed by atoms with Crippen LogP contribution in [0, 0.1) is 0 Å². The van der Waals surface area contributed by atoms with Crippen LogP contribution in [0.15, 0.2) is 29.7 Å². The van der Waals surface area contributed by atoms with Gasteiger partial charge < -0.3 is 20.1 Å². The number of ether oxygens (including phenoxy) is 2. The predicted octanol–water partition coefficient (Wildman–Crippen LogP) is 4.68. The average molecular weight is 332 g/mol. The first-order valence-corrected chi connectivity index (χ1v) is 8.48. The maximum Gasteiger partial charge on any atom is 0.319 e. The molecule has 0 aliphatic carbocycles. The number of amides is 2. The summed E-state index contributed by atoms with van der Waals surface area (Å²) >= 11 is 0. The molecule has 0 aromatic heterocycles. The van der Waals surface area contributed by atoms with Crippen LogP contribution in [0.2, 0.25) is 0 Å². The van der Waals surface area contributed by atoms with Crippen molar-refractivity contribution >= 4 is 11.7 Å². The zero-order valence-electron chi connectivity index (χ0n) is 15.4. The van der Waals surface area contributed by atoms with Gasteiger partial charge in [0, 0.05) is 5.69 Å². The summed E-state index contributed by atoms with van der Waals surface area (Å²) in [5.41, 5.74) is 3.18. The van der Waals surface area contributed by atoms with E-state index in [0.29, 0.717) is 18.4 Å². The minimum Gasteiger partial charge on any atom is -0.454 e. The van der Waals surface area contributed by atoms with Crippen molar-refractivity contribution in [3.63, 3.8) is 0 Å². The van der Waals surface area contributed by atoms with Gasteiger partial charge in [0.05, 0.1) is 6.54 Å². The number of nitrogens with one attached hydrogen (secondary N) is 2. The molecule has 5 nitrogen and oxygen atoms in total. The molecule has 0 saturated heterocycles. The highest BCUT2D eigenvalue weighted by atomic mass is 16.7. The monoisotopic (exact) mass is 332 g/mol. The molecule has 1 heterocycles. The Labute approximate surface area is 144 Å². The van der Waals surface area contributed by atoms with Crippen LogP contribution in [0.4, 0.5) is 10.5 Å². The summed E-state index contributed by atoms with van der Waals surface area (Å²) in [6.45, 7) is 12.5. The van der Waals surface area contributed by atoms with E-state index >= 15 is 0 Å². The molecule has 5 heteroatoms. The second-order valence-electron chi connectivity index (χ2n) is 6.73. The quantitative estimate of drug-likeness (QED) is 0.823. The zero-order valence-corrected chi connectivity index (χ0v) is 15.4. The Morgan fingerprint density at radius 3 is 2.00 bits per heavy atom. The van der Waals surface area contributed by atoms with Crippen molar-refractivity contribution in [3.05, 3.63) is 40.8 Å². The molecule has 0 saturated carbocycles. The number of hydrogen-bond donors (Lipinski definition) is 2. The van der Waals surface area contributed by atoms with Gasteiger partial charge in [-0.3, -0.25) is 0 Å². The molecule has 1 aliphatic rings. The van der Waals surface area contributed by atoms with Gasteiger partial charge in [-0.1, -0.05) is 45.9 Å². The van der Waals surface area contributed by atoms with Gasteiger partial charge in [0.25, 0.3) is 6.29 Å². The topological polar surface area (TPSA) is 59.6 Å². The van der Waals surface area contributed by atoms with E-state index in [-0.39, 0.29) is 6.03 Å². The number of carbonyl (C=O) groups is 1. The lowest BCUT2D eigenvalue weighted by Crippen LogP contribution is -2.36. The Hall–Kier alpha value is -2.17. The number of anilines is 1. The molecule has 2 amide bonds. The molecule has 2 rings (SSSR count). The summed E-state index contributed by atoms with van der Waals surface area (Å²) in [4.78, 5) is 12.3. The van der Waals surface area contributed by atoms with Crippen LogP contribution in [0.3, 0.4) is 0 Å². The third kappa shape index (κ3) is 4.22. The number of urea groups is 1. The molecule has 0 unspecified atom stereocenters. The second kappa shape index (κ2) is 7.60. The van der Waals surface area contributed by atoms with Gasteiger partial charge >= 0.3 is 6.03 Å². The Balaban J connectivity index is 2.03. The number of allylic oxidation sites excluding steroid dienone is 2. The highest BCUT2D eigenvalue weighted by Crippen LogP contribution is 2.32. The maximum atomic E-state index is 12.3. The molecular formula is C19H28N2O3. The predicted molar refractivity (Wildman–Crippen MR) is 96.0 cm³/mol. The van der Waals surface area contributed by atoms with Crippen LogP contribution in [-0.2, 0) is 9.47 Å². The van der Waals surface area contributed by atoms with Gasteiger partial charge in [0.2, 0.25) is 0 Å². The zero-order chi connectivity index (χ0) is 17.9. The van der Waals surface area contributed by atoms with E-state index in [2.05, 4.69) is 50.5 Å². The van der Waals surface area contributed by atoms with E-state index in [0.717, 1.165) is 28.3 Å². The number of benzene rings is 1. The minimum atomic E-state index is -0.458. The highest BCUT2D eigenvalue weighted by Gasteiger charge is 2.22. The lowest BCUT2D eigenvalue weighted by molar-refractivity contribution is -0.0335. The first kappa shape index (κ1) is 18.2. The largest absolute Gasteiger partial charge is 0.454 e. The third-order valence-corrected chi connectivity index (χ3v) is 4.15. The lowest BCUT2D eigenvalue weighted by Gasteiger charge is -2.21. The van der Waals surface area contributed by atoms with Crippen molar-refractivity contribution in [2.75, 3.05) is 11.9 Å². The van der Waals surface area contributed by atoms with E-state index in [1.54, 1.807) is 0 Å². The summed E-state index contributed by atoms with van der Waals surface area (Å²) in [7, 11) is 0. The Morgan fingerprint density at radius 2 is 1.54 bits per heavy atom.